The van der Waals surface area contributed by atoms with Gasteiger partial charge in [-0.15, -0.1) is 0 Å². The first-order valence-corrected chi connectivity index (χ1v) is 6.64. The van der Waals surface area contributed by atoms with E-state index in [1.807, 2.05) is 12.1 Å². The molecule has 1 atom stereocenters. The fraction of sp³-hybridized carbons (Fsp3) is 0.571. The van der Waals surface area contributed by atoms with E-state index in [0.717, 1.165) is 38.0 Å². The number of aliphatic hydroxyl groups excluding tert-OH is 1. The summed E-state index contributed by atoms with van der Waals surface area (Å²) in [6, 6.07) is 6.71. The number of nitro groups is 1. The highest BCUT2D eigenvalue weighted by atomic mass is 16.6. The third-order valence-electron chi connectivity index (χ3n) is 3.92. The molecule has 1 heterocycles. The van der Waals surface area contributed by atoms with Gasteiger partial charge in [0.1, 0.15) is 0 Å². The number of hydrogen-bond donors (Lipinski definition) is 1. The van der Waals surface area contributed by atoms with Gasteiger partial charge in [-0.05, 0) is 36.8 Å². The number of rotatable bonds is 4. The maximum absolute atomic E-state index is 10.6. The lowest BCUT2D eigenvalue weighted by Gasteiger charge is -2.41. The van der Waals surface area contributed by atoms with E-state index >= 15 is 0 Å². The van der Waals surface area contributed by atoms with Crippen molar-refractivity contribution in [3.8, 4) is 0 Å². The summed E-state index contributed by atoms with van der Waals surface area (Å²) in [5.41, 5.74) is 1.28. The summed E-state index contributed by atoms with van der Waals surface area (Å²) in [4.78, 5) is 12.5. The van der Waals surface area contributed by atoms with Crippen molar-refractivity contribution < 1.29 is 10.0 Å². The highest BCUT2D eigenvalue weighted by molar-refractivity contribution is 5.51. The number of benzene rings is 1. The summed E-state index contributed by atoms with van der Waals surface area (Å²) < 4.78 is 0. The average molecular weight is 264 g/mol. The summed E-state index contributed by atoms with van der Waals surface area (Å²) in [5, 5.41) is 19.8. The number of nitro benzene ring substituents is 1. The average Bonchev–Trinajstić information content (AvgIpc) is 2.39. The second-order valence-corrected chi connectivity index (χ2v) is 5.58. The van der Waals surface area contributed by atoms with Gasteiger partial charge < -0.3 is 10.0 Å². The van der Waals surface area contributed by atoms with Gasteiger partial charge in [0.15, 0.2) is 0 Å². The summed E-state index contributed by atoms with van der Waals surface area (Å²) >= 11 is 0. The molecule has 0 radical (unpaired) electrons. The Morgan fingerprint density at radius 2 is 2.11 bits per heavy atom. The van der Waals surface area contributed by atoms with Crippen molar-refractivity contribution in [2.24, 2.45) is 5.41 Å². The first-order valence-electron chi connectivity index (χ1n) is 6.64. The molecule has 0 aliphatic carbocycles. The molecule has 5 nitrogen and oxygen atoms in total. The molecular formula is C14H20N2O3. The second-order valence-electron chi connectivity index (χ2n) is 5.58. The minimum Gasteiger partial charge on any atom is -0.396 e. The lowest BCUT2D eigenvalue weighted by molar-refractivity contribution is -0.384. The van der Waals surface area contributed by atoms with E-state index in [0.29, 0.717) is 0 Å². The van der Waals surface area contributed by atoms with Gasteiger partial charge in [0.05, 0.1) is 4.92 Å². The molecule has 1 aromatic rings. The molecule has 0 spiro atoms. The normalized spacial score (nSPS) is 23.4. The third kappa shape index (κ3) is 3.23. The van der Waals surface area contributed by atoms with E-state index in [1.54, 1.807) is 12.1 Å². The van der Waals surface area contributed by atoms with Crippen molar-refractivity contribution in [1.29, 1.82) is 0 Å². The summed E-state index contributed by atoms with van der Waals surface area (Å²) in [6.07, 6.45) is 3.01. The molecular weight excluding hydrogens is 244 g/mol. The van der Waals surface area contributed by atoms with Gasteiger partial charge in [-0.3, -0.25) is 10.1 Å². The van der Waals surface area contributed by atoms with Crippen LogP contribution in [0.2, 0.25) is 0 Å². The van der Waals surface area contributed by atoms with E-state index in [9.17, 15) is 10.1 Å². The highest BCUT2D eigenvalue weighted by Gasteiger charge is 2.30. The SMILES string of the molecule is C[C@@]1(CCO)CCCN(c2ccc([N+](=O)[O-])cc2)C1. The maximum Gasteiger partial charge on any atom is 0.269 e. The van der Waals surface area contributed by atoms with E-state index in [4.69, 9.17) is 5.11 Å². The molecule has 0 saturated carbocycles. The molecule has 0 bridgehead atoms. The Morgan fingerprint density at radius 3 is 2.68 bits per heavy atom. The van der Waals surface area contributed by atoms with Crippen LogP contribution in [-0.4, -0.2) is 29.7 Å². The number of hydrogen-bond acceptors (Lipinski definition) is 4. The van der Waals surface area contributed by atoms with Crippen LogP contribution in [0.3, 0.4) is 0 Å². The molecule has 0 unspecified atom stereocenters. The fourth-order valence-corrected chi connectivity index (χ4v) is 2.80. The van der Waals surface area contributed by atoms with Gasteiger partial charge in [-0.25, -0.2) is 0 Å². The molecule has 0 amide bonds. The minimum atomic E-state index is -0.379. The van der Waals surface area contributed by atoms with Crippen molar-refractivity contribution in [2.45, 2.75) is 26.2 Å². The van der Waals surface area contributed by atoms with E-state index in [-0.39, 0.29) is 22.6 Å². The van der Waals surface area contributed by atoms with Crippen molar-refractivity contribution in [1.82, 2.24) is 0 Å². The zero-order valence-corrected chi connectivity index (χ0v) is 11.2. The monoisotopic (exact) mass is 264 g/mol. The van der Waals surface area contributed by atoms with Gasteiger partial charge in [0.2, 0.25) is 0 Å². The molecule has 5 heteroatoms. The molecule has 1 aliphatic heterocycles. The van der Waals surface area contributed by atoms with Crippen LogP contribution in [0.15, 0.2) is 24.3 Å². The lowest BCUT2D eigenvalue weighted by atomic mass is 9.79. The highest BCUT2D eigenvalue weighted by Crippen LogP contribution is 2.35. The van der Waals surface area contributed by atoms with Crippen LogP contribution < -0.4 is 4.90 Å². The Hall–Kier alpha value is -1.62. The fourth-order valence-electron chi connectivity index (χ4n) is 2.80. The Morgan fingerprint density at radius 1 is 1.42 bits per heavy atom. The van der Waals surface area contributed by atoms with Crippen LogP contribution in [0.5, 0.6) is 0 Å². The van der Waals surface area contributed by atoms with Crippen LogP contribution in [0, 0.1) is 15.5 Å². The quantitative estimate of drug-likeness (QED) is 0.670. The summed E-state index contributed by atoms with van der Waals surface area (Å²) in [7, 11) is 0. The van der Waals surface area contributed by atoms with Gasteiger partial charge in [-0.1, -0.05) is 6.92 Å². The van der Waals surface area contributed by atoms with Crippen LogP contribution in [0.1, 0.15) is 26.2 Å². The Balaban J connectivity index is 2.10. The topological polar surface area (TPSA) is 66.6 Å². The van der Waals surface area contributed by atoms with Crippen LogP contribution >= 0.6 is 0 Å². The summed E-state index contributed by atoms with van der Waals surface area (Å²) in [5.74, 6) is 0. The Labute approximate surface area is 113 Å². The summed E-state index contributed by atoms with van der Waals surface area (Å²) in [6.45, 7) is 4.27. The van der Waals surface area contributed by atoms with Gasteiger partial charge in [0.25, 0.3) is 5.69 Å². The minimum absolute atomic E-state index is 0.124. The van der Waals surface area contributed by atoms with Crippen molar-refractivity contribution in [2.75, 3.05) is 24.6 Å². The lowest BCUT2D eigenvalue weighted by Crippen LogP contribution is -2.42. The van der Waals surface area contributed by atoms with Gasteiger partial charge >= 0.3 is 0 Å². The molecule has 0 aromatic heterocycles. The first-order chi connectivity index (χ1) is 9.04. The molecule has 104 valence electrons. The number of anilines is 1. The van der Waals surface area contributed by atoms with Crippen molar-refractivity contribution >= 4 is 11.4 Å². The predicted octanol–water partition coefficient (Wildman–Crippen LogP) is 2.58. The van der Waals surface area contributed by atoms with Crippen LogP contribution in [0.4, 0.5) is 11.4 Å². The van der Waals surface area contributed by atoms with Crippen molar-refractivity contribution in [3.05, 3.63) is 34.4 Å². The molecule has 1 aromatic carbocycles. The van der Waals surface area contributed by atoms with E-state index < -0.39 is 0 Å². The number of piperidine rings is 1. The molecule has 19 heavy (non-hydrogen) atoms. The zero-order chi connectivity index (χ0) is 13.9. The zero-order valence-electron chi connectivity index (χ0n) is 11.2. The number of non-ortho nitro benzene ring substituents is 1. The predicted molar refractivity (Wildman–Crippen MR) is 74.4 cm³/mol. The van der Waals surface area contributed by atoms with Crippen LogP contribution in [0.25, 0.3) is 0 Å². The van der Waals surface area contributed by atoms with Crippen molar-refractivity contribution in [3.63, 3.8) is 0 Å². The van der Waals surface area contributed by atoms with E-state index in [2.05, 4.69) is 11.8 Å². The van der Waals surface area contributed by atoms with Gasteiger partial charge in [0, 0.05) is 37.5 Å². The smallest absolute Gasteiger partial charge is 0.269 e. The second kappa shape index (κ2) is 5.57. The number of aliphatic hydroxyl groups is 1. The maximum atomic E-state index is 10.6. The Bertz CT molecular complexity index is 443. The van der Waals surface area contributed by atoms with Crippen LogP contribution in [-0.2, 0) is 0 Å². The van der Waals surface area contributed by atoms with Gasteiger partial charge in [-0.2, -0.15) is 0 Å². The third-order valence-corrected chi connectivity index (χ3v) is 3.92. The molecule has 1 fully saturated rings. The molecule has 1 aliphatic rings. The first kappa shape index (κ1) is 13.8. The largest absolute Gasteiger partial charge is 0.396 e. The van der Waals surface area contributed by atoms with E-state index in [1.165, 1.54) is 0 Å². The molecule has 1 N–H and O–H groups in total. The molecule has 1 saturated heterocycles. The molecule has 2 rings (SSSR count). The Kier molecular flexibility index (Phi) is 4.04. The number of nitrogens with zero attached hydrogens (tertiary/aromatic N) is 2. The standard InChI is InChI=1S/C14H20N2O3/c1-14(8-10-17)7-2-9-15(11-14)12-3-5-13(6-4-12)16(18)19/h3-6,17H,2,7-11H2,1H3/t14-/m0/s1.